The Balaban J connectivity index is 2.17. The van der Waals surface area contributed by atoms with Crippen LogP contribution >= 0.6 is 0 Å². The van der Waals surface area contributed by atoms with Crippen LogP contribution in [0.2, 0.25) is 0 Å². The predicted octanol–water partition coefficient (Wildman–Crippen LogP) is 4.00. The molecule has 120 valence electrons. The summed E-state index contributed by atoms with van der Waals surface area (Å²) in [4.78, 5) is 10.1. The lowest BCUT2D eigenvalue weighted by atomic mass is 10.1. The molecule has 0 amide bonds. The zero-order valence-corrected chi connectivity index (χ0v) is 12.9. The maximum atomic E-state index is 10.6. The van der Waals surface area contributed by atoms with Crippen LogP contribution in [0.4, 0.5) is 17.1 Å². The van der Waals surface area contributed by atoms with Crippen LogP contribution in [0.5, 0.6) is 5.75 Å². The first-order chi connectivity index (χ1) is 11.0. The fourth-order valence-corrected chi connectivity index (χ4v) is 2.12. The smallest absolute Gasteiger partial charge is 0.269 e. The van der Waals surface area contributed by atoms with E-state index in [1.54, 1.807) is 12.1 Å². The largest absolute Gasteiger partial charge is 0.491 e. The van der Waals surface area contributed by atoms with Crippen LogP contribution in [-0.4, -0.2) is 23.2 Å². The summed E-state index contributed by atoms with van der Waals surface area (Å²) < 4.78 is 5.48. The highest BCUT2D eigenvalue weighted by atomic mass is 16.6. The lowest BCUT2D eigenvalue weighted by Crippen LogP contribution is -2.04. The van der Waals surface area contributed by atoms with E-state index in [9.17, 15) is 10.1 Å². The zero-order valence-electron chi connectivity index (χ0n) is 12.9. The topological polar surface area (TPSA) is 97.3 Å². The molecule has 0 atom stereocenters. The lowest BCUT2D eigenvalue weighted by Gasteiger charge is -2.11. The molecule has 1 N–H and O–H groups in total. The molecule has 0 aliphatic carbocycles. The molecule has 2 aromatic carbocycles. The van der Waals surface area contributed by atoms with Gasteiger partial charge in [-0.05, 0) is 49.2 Å². The van der Waals surface area contributed by atoms with Crippen molar-refractivity contribution in [3.63, 3.8) is 0 Å². The molecule has 0 aromatic heterocycles. The second-order valence-corrected chi connectivity index (χ2v) is 4.95. The highest BCUT2D eigenvalue weighted by Gasteiger charge is 2.07. The summed E-state index contributed by atoms with van der Waals surface area (Å²) in [5, 5.41) is 27.6. The SMILES string of the molecule is Cc1cc(N=Nc2ccc([N+](=O)[O-])cc2)cc(C)c1OCCO. The van der Waals surface area contributed by atoms with E-state index in [1.165, 1.54) is 12.1 Å². The van der Waals surface area contributed by atoms with Crippen molar-refractivity contribution in [2.24, 2.45) is 10.2 Å². The van der Waals surface area contributed by atoms with Crippen LogP contribution in [-0.2, 0) is 0 Å². The summed E-state index contributed by atoms with van der Waals surface area (Å²) >= 11 is 0. The van der Waals surface area contributed by atoms with E-state index >= 15 is 0 Å². The van der Waals surface area contributed by atoms with Gasteiger partial charge in [-0.3, -0.25) is 10.1 Å². The number of hydrogen-bond acceptors (Lipinski definition) is 6. The maximum absolute atomic E-state index is 10.6. The number of aryl methyl sites for hydroxylation is 2. The van der Waals surface area contributed by atoms with Crippen molar-refractivity contribution in [2.75, 3.05) is 13.2 Å². The summed E-state index contributed by atoms with van der Waals surface area (Å²) in [5.41, 5.74) is 3.01. The first kappa shape index (κ1) is 16.6. The number of ether oxygens (including phenoxy) is 1. The van der Waals surface area contributed by atoms with Gasteiger partial charge in [0, 0.05) is 12.1 Å². The molecule has 0 saturated heterocycles. The van der Waals surface area contributed by atoms with E-state index < -0.39 is 4.92 Å². The van der Waals surface area contributed by atoms with Crippen LogP contribution in [0.25, 0.3) is 0 Å². The number of aliphatic hydroxyl groups is 1. The van der Waals surface area contributed by atoms with Crippen molar-refractivity contribution >= 4 is 17.1 Å². The van der Waals surface area contributed by atoms with Crippen molar-refractivity contribution in [3.8, 4) is 5.75 Å². The number of hydrogen-bond donors (Lipinski definition) is 1. The average Bonchev–Trinajstić information content (AvgIpc) is 2.52. The molecular formula is C16H17N3O4. The number of non-ortho nitro benzene ring substituents is 1. The van der Waals surface area contributed by atoms with Gasteiger partial charge in [0.2, 0.25) is 0 Å². The normalized spacial score (nSPS) is 10.9. The Morgan fingerprint density at radius 2 is 1.65 bits per heavy atom. The minimum atomic E-state index is -0.460. The van der Waals surface area contributed by atoms with E-state index in [2.05, 4.69) is 10.2 Å². The van der Waals surface area contributed by atoms with E-state index in [4.69, 9.17) is 9.84 Å². The van der Waals surface area contributed by atoms with Crippen LogP contribution in [0.15, 0.2) is 46.6 Å². The summed E-state index contributed by atoms with van der Waals surface area (Å²) in [6.45, 7) is 3.99. The number of nitrogens with zero attached hydrogens (tertiary/aromatic N) is 3. The minimum Gasteiger partial charge on any atom is -0.491 e. The first-order valence-corrected chi connectivity index (χ1v) is 7.02. The number of nitro benzene ring substituents is 1. The molecule has 23 heavy (non-hydrogen) atoms. The molecule has 0 fully saturated rings. The third-order valence-corrected chi connectivity index (χ3v) is 3.12. The number of azo groups is 1. The highest BCUT2D eigenvalue weighted by molar-refractivity contribution is 5.52. The molecule has 0 heterocycles. The Hall–Kier alpha value is -2.80. The monoisotopic (exact) mass is 315 g/mol. The maximum Gasteiger partial charge on any atom is 0.269 e. The molecule has 2 rings (SSSR count). The van der Waals surface area contributed by atoms with Gasteiger partial charge < -0.3 is 9.84 Å². The van der Waals surface area contributed by atoms with E-state index in [-0.39, 0.29) is 18.9 Å². The summed E-state index contributed by atoms with van der Waals surface area (Å²) in [6.07, 6.45) is 0. The van der Waals surface area contributed by atoms with Gasteiger partial charge in [-0.15, -0.1) is 0 Å². The molecule has 7 heteroatoms. The summed E-state index contributed by atoms with van der Waals surface area (Å²) in [6, 6.07) is 9.51. The molecule has 0 bridgehead atoms. The van der Waals surface area contributed by atoms with Gasteiger partial charge in [0.1, 0.15) is 12.4 Å². The Kier molecular flexibility index (Phi) is 5.37. The Morgan fingerprint density at radius 1 is 1.09 bits per heavy atom. The van der Waals surface area contributed by atoms with Crippen molar-refractivity contribution in [1.82, 2.24) is 0 Å². The van der Waals surface area contributed by atoms with E-state index in [1.807, 2.05) is 26.0 Å². The number of rotatable bonds is 6. The van der Waals surface area contributed by atoms with Crippen molar-refractivity contribution < 1.29 is 14.8 Å². The standard InChI is InChI=1S/C16H17N3O4/c1-11-9-14(10-12(2)16(11)23-8-7-20)18-17-13-3-5-15(6-4-13)19(21)22/h3-6,9-10,20H,7-8H2,1-2H3. The van der Waals surface area contributed by atoms with Gasteiger partial charge in [0.15, 0.2) is 0 Å². The number of nitro groups is 1. The van der Waals surface area contributed by atoms with E-state index in [0.717, 1.165) is 16.9 Å². The predicted molar refractivity (Wildman–Crippen MR) is 85.8 cm³/mol. The van der Waals surface area contributed by atoms with Crippen LogP contribution in [0, 0.1) is 24.0 Å². The molecule has 0 aliphatic rings. The lowest BCUT2D eigenvalue weighted by molar-refractivity contribution is -0.384. The van der Waals surface area contributed by atoms with Gasteiger partial charge in [-0.25, -0.2) is 0 Å². The average molecular weight is 315 g/mol. The van der Waals surface area contributed by atoms with Gasteiger partial charge in [0.05, 0.1) is 22.9 Å². The molecule has 0 radical (unpaired) electrons. The van der Waals surface area contributed by atoms with Crippen molar-refractivity contribution in [2.45, 2.75) is 13.8 Å². The summed E-state index contributed by atoms with van der Waals surface area (Å²) in [5.74, 6) is 0.730. The quantitative estimate of drug-likeness (QED) is 0.495. The highest BCUT2D eigenvalue weighted by Crippen LogP contribution is 2.29. The second-order valence-electron chi connectivity index (χ2n) is 4.95. The Bertz CT molecular complexity index is 704. The number of aliphatic hydroxyl groups excluding tert-OH is 1. The van der Waals surface area contributed by atoms with Crippen molar-refractivity contribution in [1.29, 1.82) is 0 Å². The van der Waals surface area contributed by atoms with Crippen molar-refractivity contribution in [3.05, 3.63) is 57.6 Å². The molecule has 2 aromatic rings. The molecule has 0 spiro atoms. The Labute approximate surface area is 133 Å². The fourth-order valence-electron chi connectivity index (χ4n) is 2.12. The second kappa shape index (κ2) is 7.46. The number of benzene rings is 2. The van der Waals surface area contributed by atoms with Crippen LogP contribution < -0.4 is 4.74 Å². The van der Waals surface area contributed by atoms with Crippen LogP contribution in [0.1, 0.15) is 11.1 Å². The molecule has 0 unspecified atom stereocenters. The van der Waals surface area contributed by atoms with Gasteiger partial charge >= 0.3 is 0 Å². The van der Waals surface area contributed by atoms with Gasteiger partial charge in [-0.2, -0.15) is 10.2 Å². The van der Waals surface area contributed by atoms with E-state index in [0.29, 0.717) is 11.4 Å². The van der Waals surface area contributed by atoms with Gasteiger partial charge in [0.25, 0.3) is 5.69 Å². The molecule has 0 saturated carbocycles. The minimum absolute atomic E-state index is 0.0148. The third kappa shape index (κ3) is 4.33. The Morgan fingerprint density at radius 3 is 2.17 bits per heavy atom. The molecular weight excluding hydrogens is 298 g/mol. The third-order valence-electron chi connectivity index (χ3n) is 3.12. The summed E-state index contributed by atoms with van der Waals surface area (Å²) in [7, 11) is 0. The van der Waals surface area contributed by atoms with Gasteiger partial charge in [-0.1, -0.05) is 0 Å². The molecule has 0 aliphatic heterocycles. The first-order valence-electron chi connectivity index (χ1n) is 7.02. The molecule has 7 nitrogen and oxygen atoms in total. The zero-order chi connectivity index (χ0) is 16.8. The van der Waals surface area contributed by atoms with Crippen LogP contribution in [0.3, 0.4) is 0 Å². The fraction of sp³-hybridized carbons (Fsp3) is 0.250.